The van der Waals surface area contributed by atoms with Gasteiger partial charge in [0.25, 0.3) is 0 Å². The summed E-state index contributed by atoms with van der Waals surface area (Å²) >= 11 is 0. The number of halogens is 1. The van der Waals surface area contributed by atoms with Gasteiger partial charge in [-0.1, -0.05) is 63.2 Å². The van der Waals surface area contributed by atoms with E-state index in [-0.39, 0.29) is 12.3 Å². The van der Waals surface area contributed by atoms with Crippen molar-refractivity contribution >= 4 is 14.0 Å². The summed E-state index contributed by atoms with van der Waals surface area (Å²) in [4.78, 5) is 27.8. The van der Waals surface area contributed by atoms with Gasteiger partial charge in [-0.25, -0.2) is 9.18 Å². The summed E-state index contributed by atoms with van der Waals surface area (Å²) in [5, 5.41) is 18.6. The highest BCUT2D eigenvalue weighted by Crippen LogP contribution is 2.54. The molecule has 36 heavy (non-hydrogen) atoms. The standard InChI is InChI=1S/C28H31FNO5P/c1-5-22-25(19-11-13-21(29)14-12-19)23(16-30-26(22)20-9-7-6-8-10-20)24(15-17(2)3)28(18(4)31,27(32)33)36(34)35/h6-14,16-18,24,31H,5,15H2,1-4H3,(H-,32,33,34,35)/p+1. The summed E-state index contributed by atoms with van der Waals surface area (Å²) in [6.45, 7) is 6.95. The molecule has 0 spiro atoms. The SMILES string of the molecule is CCc1c(-c2ccccc2)ncc(C(CC(C)C)C(C(=O)O)(C(C)O)[P+](=O)O)c1-c1ccc(F)cc1. The van der Waals surface area contributed by atoms with Crippen LogP contribution in [0.1, 0.15) is 51.2 Å². The van der Waals surface area contributed by atoms with Crippen LogP contribution in [0.25, 0.3) is 22.4 Å². The minimum Gasteiger partial charge on any atom is -0.477 e. The van der Waals surface area contributed by atoms with Crippen molar-refractivity contribution in [3.05, 3.63) is 77.7 Å². The molecular weight excluding hydrogens is 480 g/mol. The van der Waals surface area contributed by atoms with Crippen LogP contribution in [0.2, 0.25) is 0 Å². The van der Waals surface area contributed by atoms with Gasteiger partial charge < -0.3 is 10.2 Å². The molecule has 0 aliphatic rings. The van der Waals surface area contributed by atoms with Crippen molar-refractivity contribution in [3.63, 3.8) is 0 Å². The van der Waals surface area contributed by atoms with Crippen molar-refractivity contribution in [1.82, 2.24) is 4.98 Å². The molecule has 3 N–H and O–H groups in total. The van der Waals surface area contributed by atoms with E-state index in [4.69, 9.17) is 4.98 Å². The number of hydrogen-bond donors (Lipinski definition) is 3. The zero-order valence-corrected chi connectivity index (χ0v) is 21.7. The zero-order chi connectivity index (χ0) is 26.6. The summed E-state index contributed by atoms with van der Waals surface area (Å²) in [6, 6.07) is 15.4. The minimum atomic E-state index is -3.36. The molecule has 0 saturated carbocycles. The van der Waals surface area contributed by atoms with Crippen LogP contribution in [-0.4, -0.2) is 37.3 Å². The Hall–Kier alpha value is -2.99. The Labute approximate surface area is 211 Å². The number of pyridine rings is 1. The van der Waals surface area contributed by atoms with Gasteiger partial charge in [0.05, 0.1) is 11.6 Å². The predicted molar refractivity (Wildman–Crippen MR) is 139 cm³/mol. The van der Waals surface area contributed by atoms with Crippen LogP contribution in [0.3, 0.4) is 0 Å². The number of nitrogens with zero attached hydrogens (tertiary/aromatic N) is 1. The van der Waals surface area contributed by atoms with E-state index in [0.717, 1.165) is 11.1 Å². The maximum atomic E-state index is 13.9. The van der Waals surface area contributed by atoms with Gasteiger partial charge in [0.1, 0.15) is 11.9 Å². The number of aliphatic hydroxyl groups is 1. The molecule has 0 saturated heterocycles. The van der Waals surface area contributed by atoms with E-state index in [0.29, 0.717) is 28.8 Å². The zero-order valence-electron chi connectivity index (χ0n) is 20.9. The van der Waals surface area contributed by atoms with E-state index in [9.17, 15) is 28.9 Å². The summed E-state index contributed by atoms with van der Waals surface area (Å²) in [7, 11) is -3.36. The van der Waals surface area contributed by atoms with Gasteiger partial charge in [-0.2, -0.15) is 4.89 Å². The predicted octanol–water partition coefficient (Wildman–Crippen LogP) is 6.19. The minimum absolute atomic E-state index is 0.0673. The fraction of sp³-hybridized carbons (Fsp3) is 0.357. The average Bonchev–Trinajstić information content (AvgIpc) is 2.83. The Morgan fingerprint density at radius 1 is 1.06 bits per heavy atom. The molecule has 1 heterocycles. The molecule has 0 bridgehead atoms. The number of rotatable bonds is 10. The van der Waals surface area contributed by atoms with E-state index in [1.807, 2.05) is 51.1 Å². The molecule has 6 nitrogen and oxygen atoms in total. The fourth-order valence-corrected chi connectivity index (χ4v) is 5.98. The third kappa shape index (κ3) is 5.10. The van der Waals surface area contributed by atoms with Crippen LogP contribution >= 0.6 is 8.03 Å². The second-order valence-electron chi connectivity index (χ2n) is 9.40. The molecule has 0 fully saturated rings. The van der Waals surface area contributed by atoms with Crippen molar-refractivity contribution < 1.29 is 28.9 Å². The second kappa shape index (κ2) is 11.4. The monoisotopic (exact) mass is 512 g/mol. The average molecular weight is 513 g/mol. The van der Waals surface area contributed by atoms with Gasteiger partial charge in [-0.05, 0) is 64.6 Å². The van der Waals surface area contributed by atoms with Gasteiger partial charge in [0, 0.05) is 11.8 Å². The molecular formula is C28H32FNO5P+. The molecule has 0 radical (unpaired) electrons. The lowest BCUT2D eigenvalue weighted by Gasteiger charge is -2.33. The smallest absolute Gasteiger partial charge is 0.477 e. The Kier molecular flexibility index (Phi) is 8.72. The van der Waals surface area contributed by atoms with Gasteiger partial charge in [0.15, 0.2) is 0 Å². The van der Waals surface area contributed by atoms with Crippen molar-refractivity contribution in [2.45, 2.75) is 57.7 Å². The quantitative estimate of drug-likeness (QED) is 0.280. The number of benzene rings is 2. The molecule has 4 atom stereocenters. The number of carboxylic acids is 1. The van der Waals surface area contributed by atoms with Crippen molar-refractivity contribution in [1.29, 1.82) is 0 Å². The van der Waals surface area contributed by atoms with Crippen molar-refractivity contribution in [3.8, 4) is 22.4 Å². The van der Waals surface area contributed by atoms with Gasteiger partial charge in [-0.3, -0.25) is 4.98 Å². The molecule has 3 rings (SSSR count). The number of carbonyl (C=O) groups is 1. The highest BCUT2D eigenvalue weighted by atomic mass is 31.1. The van der Waals surface area contributed by atoms with Crippen molar-refractivity contribution in [2.75, 3.05) is 0 Å². The number of aliphatic carboxylic acids is 1. The Morgan fingerprint density at radius 3 is 2.14 bits per heavy atom. The normalized spacial score (nSPS) is 15.3. The van der Waals surface area contributed by atoms with E-state index in [1.54, 1.807) is 18.3 Å². The lowest BCUT2D eigenvalue weighted by atomic mass is 9.74. The first-order chi connectivity index (χ1) is 17.0. The van der Waals surface area contributed by atoms with Crippen LogP contribution in [0.5, 0.6) is 0 Å². The number of hydrogen-bond acceptors (Lipinski definition) is 4. The topological polar surface area (TPSA) is 108 Å². The van der Waals surface area contributed by atoms with Crippen LogP contribution in [0, 0.1) is 11.7 Å². The second-order valence-corrected chi connectivity index (χ2v) is 10.7. The third-order valence-corrected chi connectivity index (χ3v) is 8.16. The fourth-order valence-electron chi connectivity index (χ4n) is 4.99. The van der Waals surface area contributed by atoms with E-state index in [1.165, 1.54) is 19.1 Å². The van der Waals surface area contributed by atoms with Crippen LogP contribution in [0.4, 0.5) is 4.39 Å². The van der Waals surface area contributed by atoms with Gasteiger partial charge in [-0.15, -0.1) is 0 Å². The van der Waals surface area contributed by atoms with Crippen LogP contribution < -0.4 is 0 Å². The molecule has 4 unspecified atom stereocenters. The summed E-state index contributed by atoms with van der Waals surface area (Å²) in [6.07, 6.45) is 0.647. The number of aromatic nitrogens is 1. The first-order valence-corrected chi connectivity index (χ1v) is 13.2. The van der Waals surface area contributed by atoms with Crippen LogP contribution in [0.15, 0.2) is 60.8 Å². The molecule has 1 aromatic heterocycles. The maximum absolute atomic E-state index is 13.9. The number of carboxylic acid groups (broad SMARTS) is 1. The third-order valence-electron chi connectivity index (χ3n) is 6.65. The lowest BCUT2D eigenvalue weighted by Crippen LogP contribution is -2.50. The Bertz CT molecular complexity index is 1210. The molecule has 0 amide bonds. The molecule has 190 valence electrons. The van der Waals surface area contributed by atoms with E-state index < -0.39 is 37.0 Å². The molecule has 0 aliphatic carbocycles. The Balaban J connectivity index is 2.47. The maximum Gasteiger partial charge on any atom is 0.527 e. The number of aliphatic hydroxyl groups excluding tert-OH is 1. The summed E-state index contributed by atoms with van der Waals surface area (Å²) in [5.41, 5.74) is 4.06. The van der Waals surface area contributed by atoms with Gasteiger partial charge >= 0.3 is 19.2 Å². The Morgan fingerprint density at radius 2 is 1.67 bits per heavy atom. The first kappa shape index (κ1) is 27.6. The molecule has 2 aromatic carbocycles. The van der Waals surface area contributed by atoms with Crippen molar-refractivity contribution in [2.24, 2.45) is 5.92 Å². The first-order valence-electron chi connectivity index (χ1n) is 12.0. The summed E-state index contributed by atoms with van der Waals surface area (Å²) in [5.74, 6) is -3.09. The molecule has 8 heteroatoms. The molecule has 0 aliphatic heterocycles. The molecule has 3 aromatic rings. The largest absolute Gasteiger partial charge is 0.527 e. The van der Waals surface area contributed by atoms with E-state index >= 15 is 0 Å². The van der Waals surface area contributed by atoms with Gasteiger partial charge in [0.2, 0.25) is 0 Å². The summed E-state index contributed by atoms with van der Waals surface area (Å²) < 4.78 is 26.6. The highest BCUT2D eigenvalue weighted by molar-refractivity contribution is 7.41. The van der Waals surface area contributed by atoms with E-state index in [2.05, 4.69) is 0 Å². The highest BCUT2D eigenvalue weighted by Gasteiger charge is 2.67. The van der Waals surface area contributed by atoms with Crippen LogP contribution in [-0.2, 0) is 15.8 Å². The lowest BCUT2D eigenvalue weighted by molar-refractivity contribution is -0.144.